The molecule has 9 heteroatoms. The Bertz CT molecular complexity index is 964. The third kappa shape index (κ3) is 2.25. The second-order valence-corrected chi connectivity index (χ2v) is 5.70. The van der Waals surface area contributed by atoms with Gasteiger partial charge in [0.1, 0.15) is 11.3 Å². The van der Waals surface area contributed by atoms with E-state index in [9.17, 15) is 14.4 Å². The Labute approximate surface area is 128 Å². The molecule has 0 aliphatic heterocycles. The molecule has 0 aliphatic rings. The number of nitrogens with zero attached hydrogens (tertiary/aromatic N) is 3. The van der Waals surface area contributed by atoms with E-state index >= 15 is 0 Å². The molecule has 3 aromatic rings. The van der Waals surface area contributed by atoms with Crippen LogP contribution < -0.4 is 16.6 Å². The number of aromatic nitrogens is 4. The van der Waals surface area contributed by atoms with Gasteiger partial charge in [-0.3, -0.25) is 18.7 Å². The Kier molecular flexibility index (Phi) is 3.41. The van der Waals surface area contributed by atoms with Crippen molar-refractivity contribution in [1.82, 2.24) is 24.4 Å². The number of imidazole rings is 1. The lowest BCUT2D eigenvalue weighted by Gasteiger charge is -2.00. The first-order valence-corrected chi connectivity index (χ1v) is 7.33. The third-order valence-corrected chi connectivity index (χ3v) is 4.17. The number of carbonyl (C=O) groups is 1. The SMILES string of the molecule is Cn1c(=O)c2[nH]c(CNC(=O)c3cccs3)nc2n(C)c1=O. The fourth-order valence-corrected chi connectivity index (χ4v) is 2.76. The van der Waals surface area contributed by atoms with Gasteiger partial charge in [0.25, 0.3) is 11.5 Å². The first-order valence-electron chi connectivity index (χ1n) is 6.45. The van der Waals surface area contributed by atoms with Gasteiger partial charge < -0.3 is 10.3 Å². The van der Waals surface area contributed by atoms with Crippen molar-refractivity contribution in [3.8, 4) is 0 Å². The molecule has 0 radical (unpaired) electrons. The summed E-state index contributed by atoms with van der Waals surface area (Å²) in [5, 5.41) is 4.53. The molecule has 0 atom stereocenters. The summed E-state index contributed by atoms with van der Waals surface area (Å²) in [5.41, 5.74) is -0.377. The number of aryl methyl sites for hydroxylation is 1. The van der Waals surface area contributed by atoms with Gasteiger partial charge in [0.15, 0.2) is 5.65 Å². The van der Waals surface area contributed by atoms with Gasteiger partial charge >= 0.3 is 5.69 Å². The Hall–Kier alpha value is -2.68. The molecule has 2 N–H and O–H groups in total. The second-order valence-electron chi connectivity index (χ2n) is 4.75. The predicted molar refractivity (Wildman–Crippen MR) is 82.1 cm³/mol. The number of fused-ring (bicyclic) bond motifs is 1. The number of carbonyl (C=O) groups excluding carboxylic acids is 1. The van der Waals surface area contributed by atoms with Crippen molar-refractivity contribution in [2.24, 2.45) is 14.1 Å². The minimum absolute atomic E-state index is 0.142. The van der Waals surface area contributed by atoms with Gasteiger partial charge in [-0.15, -0.1) is 11.3 Å². The van der Waals surface area contributed by atoms with Crippen LogP contribution in [0.3, 0.4) is 0 Å². The zero-order chi connectivity index (χ0) is 15.9. The lowest BCUT2D eigenvalue weighted by molar-refractivity contribution is 0.0954. The van der Waals surface area contributed by atoms with Gasteiger partial charge in [0.2, 0.25) is 0 Å². The monoisotopic (exact) mass is 319 g/mol. The molecule has 0 saturated heterocycles. The Balaban J connectivity index is 1.92. The number of hydrogen-bond donors (Lipinski definition) is 2. The van der Waals surface area contributed by atoms with E-state index in [0.29, 0.717) is 10.7 Å². The van der Waals surface area contributed by atoms with Gasteiger partial charge in [-0.2, -0.15) is 0 Å². The molecule has 3 heterocycles. The lowest BCUT2D eigenvalue weighted by atomic mass is 10.4. The van der Waals surface area contributed by atoms with Gasteiger partial charge in [-0.25, -0.2) is 9.78 Å². The first-order chi connectivity index (χ1) is 10.5. The Morgan fingerprint density at radius 3 is 2.82 bits per heavy atom. The van der Waals surface area contributed by atoms with Crippen LogP contribution in [-0.2, 0) is 20.6 Å². The van der Waals surface area contributed by atoms with E-state index in [0.717, 1.165) is 4.57 Å². The lowest BCUT2D eigenvalue weighted by Crippen LogP contribution is -2.36. The number of aromatic amines is 1. The topological polar surface area (TPSA) is 102 Å². The quantitative estimate of drug-likeness (QED) is 0.707. The third-order valence-electron chi connectivity index (χ3n) is 3.31. The summed E-state index contributed by atoms with van der Waals surface area (Å²) in [6, 6.07) is 3.51. The zero-order valence-electron chi connectivity index (χ0n) is 11.9. The maximum atomic E-state index is 12.0. The number of rotatable bonds is 3. The highest BCUT2D eigenvalue weighted by molar-refractivity contribution is 7.12. The molecule has 0 bridgehead atoms. The summed E-state index contributed by atoms with van der Waals surface area (Å²) in [6.45, 7) is 0.142. The maximum Gasteiger partial charge on any atom is 0.332 e. The molecule has 3 rings (SSSR count). The number of hydrogen-bond acceptors (Lipinski definition) is 5. The summed E-state index contributed by atoms with van der Waals surface area (Å²) >= 11 is 1.34. The standard InChI is InChI=1S/C13H13N5O3S/c1-17-10-9(12(20)18(2)13(17)21)15-8(16-10)6-14-11(19)7-4-3-5-22-7/h3-5H,6H2,1-2H3,(H,14,19)(H,15,16). The van der Waals surface area contributed by atoms with Gasteiger partial charge in [0.05, 0.1) is 11.4 Å². The van der Waals surface area contributed by atoms with Gasteiger partial charge in [0, 0.05) is 14.1 Å². The van der Waals surface area contributed by atoms with Gasteiger partial charge in [-0.1, -0.05) is 6.07 Å². The minimum Gasteiger partial charge on any atom is -0.344 e. The van der Waals surface area contributed by atoms with Crippen LogP contribution in [0.4, 0.5) is 0 Å². The van der Waals surface area contributed by atoms with Crippen LogP contribution in [0.5, 0.6) is 0 Å². The summed E-state index contributed by atoms with van der Waals surface area (Å²) in [5.74, 6) is 0.204. The van der Waals surface area contributed by atoms with Crippen molar-refractivity contribution >= 4 is 28.4 Å². The molecule has 1 amide bonds. The molecule has 0 saturated carbocycles. The van der Waals surface area contributed by atoms with Crippen LogP contribution in [0.1, 0.15) is 15.5 Å². The molecule has 0 aromatic carbocycles. The summed E-state index contributed by atoms with van der Waals surface area (Å²) in [7, 11) is 2.95. The van der Waals surface area contributed by atoms with E-state index in [-0.39, 0.29) is 23.6 Å². The molecular weight excluding hydrogens is 306 g/mol. The van der Waals surface area contributed by atoms with Crippen LogP contribution in [0.25, 0.3) is 11.2 Å². The largest absolute Gasteiger partial charge is 0.344 e. The smallest absolute Gasteiger partial charge is 0.332 e. The van der Waals surface area contributed by atoms with E-state index in [1.54, 1.807) is 19.2 Å². The van der Waals surface area contributed by atoms with Crippen molar-refractivity contribution in [2.45, 2.75) is 6.54 Å². The minimum atomic E-state index is -0.446. The molecule has 0 fully saturated rings. The molecule has 22 heavy (non-hydrogen) atoms. The van der Waals surface area contributed by atoms with Gasteiger partial charge in [-0.05, 0) is 11.4 Å². The number of thiophene rings is 1. The second kappa shape index (κ2) is 5.26. The predicted octanol–water partition coefficient (Wildman–Crippen LogP) is -0.0482. The van der Waals surface area contributed by atoms with Crippen molar-refractivity contribution < 1.29 is 4.79 Å². The molecule has 8 nitrogen and oxygen atoms in total. The van der Waals surface area contributed by atoms with Crippen LogP contribution in [-0.4, -0.2) is 25.0 Å². The zero-order valence-corrected chi connectivity index (χ0v) is 12.7. The van der Waals surface area contributed by atoms with E-state index in [1.807, 2.05) is 5.38 Å². The number of nitrogens with one attached hydrogen (secondary N) is 2. The van der Waals surface area contributed by atoms with Crippen LogP contribution >= 0.6 is 11.3 Å². The molecule has 0 aliphatic carbocycles. The number of H-pyrrole nitrogens is 1. The normalized spacial score (nSPS) is 11.0. The van der Waals surface area contributed by atoms with Crippen molar-refractivity contribution in [2.75, 3.05) is 0 Å². The summed E-state index contributed by atoms with van der Waals surface area (Å²) in [4.78, 5) is 43.4. The fourth-order valence-electron chi connectivity index (χ4n) is 2.12. The first kappa shape index (κ1) is 14.3. The van der Waals surface area contributed by atoms with E-state index in [1.165, 1.54) is 23.0 Å². The highest BCUT2D eigenvalue weighted by Crippen LogP contribution is 2.08. The van der Waals surface area contributed by atoms with E-state index < -0.39 is 11.2 Å². The van der Waals surface area contributed by atoms with Crippen molar-refractivity contribution in [1.29, 1.82) is 0 Å². The molecule has 3 aromatic heterocycles. The summed E-state index contributed by atoms with van der Waals surface area (Å²) < 4.78 is 2.30. The summed E-state index contributed by atoms with van der Waals surface area (Å²) in [6.07, 6.45) is 0. The average Bonchev–Trinajstić information content (AvgIpc) is 3.17. The highest BCUT2D eigenvalue weighted by atomic mass is 32.1. The van der Waals surface area contributed by atoms with E-state index in [2.05, 4.69) is 15.3 Å². The molecule has 114 valence electrons. The number of amides is 1. The molecule has 0 unspecified atom stereocenters. The van der Waals surface area contributed by atoms with E-state index in [4.69, 9.17) is 0 Å². The van der Waals surface area contributed by atoms with Crippen LogP contribution in [0, 0.1) is 0 Å². The Morgan fingerprint density at radius 1 is 1.36 bits per heavy atom. The highest BCUT2D eigenvalue weighted by Gasteiger charge is 2.14. The van der Waals surface area contributed by atoms with Crippen LogP contribution in [0.2, 0.25) is 0 Å². The van der Waals surface area contributed by atoms with Crippen molar-refractivity contribution in [3.63, 3.8) is 0 Å². The Morgan fingerprint density at radius 2 is 2.14 bits per heavy atom. The van der Waals surface area contributed by atoms with Crippen LogP contribution in [0.15, 0.2) is 27.1 Å². The average molecular weight is 319 g/mol. The fraction of sp³-hybridized carbons (Fsp3) is 0.231. The maximum absolute atomic E-state index is 12.0. The molecule has 0 spiro atoms. The molecular formula is C13H13N5O3S. The van der Waals surface area contributed by atoms with Crippen molar-refractivity contribution in [3.05, 3.63) is 49.1 Å².